The Morgan fingerprint density at radius 1 is 1.18 bits per heavy atom. The van der Waals surface area contributed by atoms with Crippen LogP contribution in [0.15, 0.2) is 0 Å². The topological polar surface area (TPSA) is 44.8 Å². The summed E-state index contributed by atoms with van der Waals surface area (Å²) in [4.78, 5) is 16.8. The summed E-state index contributed by atoms with van der Waals surface area (Å²) in [5, 5.41) is 3.24. The van der Waals surface area contributed by atoms with E-state index in [9.17, 15) is 4.79 Å². The fourth-order valence-corrected chi connectivity index (χ4v) is 3.64. The lowest BCUT2D eigenvalue weighted by Crippen LogP contribution is -2.54. The first-order valence-electron chi connectivity index (χ1n) is 9.07. The van der Waals surface area contributed by atoms with Crippen molar-refractivity contribution >= 4 is 6.03 Å². The number of ether oxygens (including phenoxy) is 1. The van der Waals surface area contributed by atoms with Gasteiger partial charge in [0.1, 0.15) is 0 Å². The molecule has 0 unspecified atom stereocenters. The van der Waals surface area contributed by atoms with Gasteiger partial charge in [0.2, 0.25) is 0 Å². The van der Waals surface area contributed by atoms with Gasteiger partial charge in [-0.3, -0.25) is 0 Å². The minimum Gasteiger partial charge on any atom is -0.378 e. The quantitative estimate of drug-likeness (QED) is 0.847. The zero-order valence-electron chi connectivity index (χ0n) is 14.5. The van der Waals surface area contributed by atoms with Crippen LogP contribution < -0.4 is 5.32 Å². The highest BCUT2D eigenvalue weighted by Gasteiger charge is 2.30. The summed E-state index contributed by atoms with van der Waals surface area (Å²) >= 11 is 0. The largest absolute Gasteiger partial charge is 0.378 e. The Balaban J connectivity index is 1.79. The molecule has 0 spiro atoms. The Morgan fingerprint density at radius 2 is 1.86 bits per heavy atom. The number of urea groups is 1. The molecule has 22 heavy (non-hydrogen) atoms. The van der Waals surface area contributed by atoms with Gasteiger partial charge in [-0.1, -0.05) is 33.6 Å². The third kappa shape index (κ3) is 4.59. The van der Waals surface area contributed by atoms with Crippen molar-refractivity contribution in [2.75, 3.05) is 39.3 Å². The molecule has 2 saturated heterocycles. The fraction of sp³-hybridized carbons (Fsp3) is 0.941. The summed E-state index contributed by atoms with van der Waals surface area (Å²) in [6.07, 6.45) is 4.53. The van der Waals surface area contributed by atoms with E-state index in [-0.39, 0.29) is 12.1 Å². The SMILES string of the molecule is CCC(CC)[C@H]1C[C@H](NC(=O)N2CCN(CC)CC2)CCO1. The van der Waals surface area contributed by atoms with Gasteiger partial charge >= 0.3 is 6.03 Å². The van der Waals surface area contributed by atoms with Gasteiger partial charge in [0.25, 0.3) is 0 Å². The molecular formula is C17H33N3O2. The number of likely N-dealkylation sites (N-methyl/N-ethyl adjacent to an activating group) is 1. The average Bonchev–Trinajstić information content (AvgIpc) is 2.56. The first-order chi connectivity index (χ1) is 10.7. The lowest BCUT2D eigenvalue weighted by molar-refractivity contribution is -0.0337. The van der Waals surface area contributed by atoms with Crippen molar-refractivity contribution in [2.45, 2.75) is 58.6 Å². The second-order valence-electron chi connectivity index (χ2n) is 6.58. The highest BCUT2D eigenvalue weighted by Crippen LogP contribution is 2.25. The van der Waals surface area contributed by atoms with Gasteiger partial charge in [-0.25, -0.2) is 4.79 Å². The van der Waals surface area contributed by atoms with Gasteiger partial charge in [-0.05, 0) is 25.3 Å². The standard InChI is InChI=1S/C17H33N3O2/c1-4-14(5-2)16-13-15(7-12-22-16)18-17(21)20-10-8-19(6-3)9-11-20/h14-16H,4-13H2,1-3H3,(H,18,21)/t15-,16-/m1/s1. The Labute approximate surface area is 135 Å². The normalized spacial score (nSPS) is 27.2. The van der Waals surface area contributed by atoms with E-state index < -0.39 is 0 Å². The first kappa shape index (κ1) is 17.5. The smallest absolute Gasteiger partial charge is 0.317 e. The lowest BCUT2D eigenvalue weighted by atomic mass is 9.89. The van der Waals surface area contributed by atoms with Gasteiger partial charge in [0.15, 0.2) is 0 Å². The summed E-state index contributed by atoms with van der Waals surface area (Å²) in [6.45, 7) is 12.2. The van der Waals surface area contributed by atoms with Crippen LogP contribution >= 0.6 is 0 Å². The highest BCUT2D eigenvalue weighted by atomic mass is 16.5. The molecular weight excluding hydrogens is 278 g/mol. The van der Waals surface area contributed by atoms with E-state index in [0.717, 1.165) is 65.0 Å². The highest BCUT2D eigenvalue weighted by molar-refractivity contribution is 5.74. The number of hydrogen-bond donors (Lipinski definition) is 1. The lowest BCUT2D eigenvalue weighted by Gasteiger charge is -2.37. The molecule has 128 valence electrons. The van der Waals surface area contributed by atoms with Crippen molar-refractivity contribution in [2.24, 2.45) is 5.92 Å². The van der Waals surface area contributed by atoms with E-state index in [1.807, 2.05) is 4.90 Å². The molecule has 1 N–H and O–H groups in total. The molecule has 2 heterocycles. The van der Waals surface area contributed by atoms with Crippen molar-refractivity contribution in [3.63, 3.8) is 0 Å². The molecule has 2 amide bonds. The zero-order chi connectivity index (χ0) is 15.9. The van der Waals surface area contributed by atoms with E-state index in [4.69, 9.17) is 4.74 Å². The Bertz CT molecular complexity index is 339. The second kappa shape index (κ2) is 8.73. The molecule has 0 saturated carbocycles. The fourth-order valence-electron chi connectivity index (χ4n) is 3.64. The number of carbonyl (C=O) groups excluding carboxylic acids is 1. The molecule has 2 aliphatic heterocycles. The summed E-state index contributed by atoms with van der Waals surface area (Å²) < 4.78 is 5.94. The Kier molecular flexibility index (Phi) is 6.96. The zero-order valence-corrected chi connectivity index (χ0v) is 14.5. The van der Waals surface area contributed by atoms with Gasteiger partial charge in [-0.2, -0.15) is 0 Å². The summed E-state index contributed by atoms with van der Waals surface area (Å²) in [5.41, 5.74) is 0. The predicted octanol–water partition coefficient (Wildman–Crippen LogP) is 2.32. The number of piperazine rings is 1. The Hall–Kier alpha value is -0.810. The maximum absolute atomic E-state index is 12.4. The van der Waals surface area contributed by atoms with Crippen LogP contribution in [0.5, 0.6) is 0 Å². The second-order valence-corrected chi connectivity index (χ2v) is 6.58. The first-order valence-corrected chi connectivity index (χ1v) is 9.07. The monoisotopic (exact) mass is 311 g/mol. The predicted molar refractivity (Wildman–Crippen MR) is 89.1 cm³/mol. The molecule has 0 radical (unpaired) electrons. The van der Waals surface area contributed by atoms with Gasteiger partial charge in [0.05, 0.1) is 6.10 Å². The van der Waals surface area contributed by atoms with Crippen molar-refractivity contribution in [1.82, 2.24) is 15.1 Å². The van der Waals surface area contributed by atoms with Crippen LogP contribution in [0.2, 0.25) is 0 Å². The van der Waals surface area contributed by atoms with Crippen LogP contribution in [0.3, 0.4) is 0 Å². The van der Waals surface area contributed by atoms with Crippen molar-refractivity contribution in [1.29, 1.82) is 0 Å². The van der Waals surface area contributed by atoms with E-state index >= 15 is 0 Å². The van der Waals surface area contributed by atoms with Gasteiger partial charge in [0, 0.05) is 38.8 Å². The average molecular weight is 311 g/mol. The molecule has 0 aromatic rings. The molecule has 2 atom stereocenters. The Morgan fingerprint density at radius 3 is 2.45 bits per heavy atom. The van der Waals surface area contributed by atoms with Gasteiger partial charge in [-0.15, -0.1) is 0 Å². The van der Waals surface area contributed by atoms with Crippen molar-refractivity contribution in [3.8, 4) is 0 Å². The number of amides is 2. The molecule has 2 aliphatic rings. The maximum atomic E-state index is 12.4. The van der Waals surface area contributed by atoms with Crippen LogP contribution in [0.1, 0.15) is 46.5 Å². The summed E-state index contributed by atoms with van der Waals surface area (Å²) in [6, 6.07) is 0.391. The van der Waals surface area contributed by atoms with Crippen LogP contribution in [0, 0.1) is 5.92 Å². The third-order valence-electron chi connectivity index (χ3n) is 5.32. The molecule has 2 fully saturated rings. The summed E-state index contributed by atoms with van der Waals surface area (Å²) in [5.74, 6) is 0.618. The molecule has 0 aromatic heterocycles. The summed E-state index contributed by atoms with van der Waals surface area (Å²) in [7, 11) is 0. The minimum atomic E-state index is 0.117. The van der Waals surface area contributed by atoms with Crippen LogP contribution in [-0.4, -0.2) is 67.3 Å². The van der Waals surface area contributed by atoms with Crippen molar-refractivity contribution < 1.29 is 9.53 Å². The van der Waals surface area contributed by atoms with Crippen LogP contribution in [-0.2, 0) is 4.74 Å². The van der Waals surface area contributed by atoms with Crippen LogP contribution in [0.25, 0.3) is 0 Å². The maximum Gasteiger partial charge on any atom is 0.317 e. The number of carbonyl (C=O) groups is 1. The molecule has 0 aliphatic carbocycles. The molecule has 0 aromatic carbocycles. The van der Waals surface area contributed by atoms with Crippen molar-refractivity contribution in [3.05, 3.63) is 0 Å². The van der Waals surface area contributed by atoms with Gasteiger partial charge < -0.3 is 19.9 Å². The number of nitrogens with one attached hydrogen (secondary N) is 1. The van der Waals surface area contributed by atoms with Crippen LogP contribution in [0.4, 0.5) is 4.79 Å². The van der Waals surface area contributed by atoms with E-state index in [1.165, 1.54) is 0 Å². The number of hydrogen-bond acceptors (Lipinski definition) is 3. The third-order valence-corrected chi connectivity index (χ3v) is 5.32. The number of rotatable bonds is 5. The molecule has 5 nitrogen and oxygen atoms in total. The molecule has 0 bridgehead atoms. The van der Waals surface area contributed by atoms with E-state index in [0.29, 0.717) is 12.0 Å². The number of nitrogens with zero attached hydrogens (tertiary/aromatic N) is 2. The minimum absolute atomic E-state index is 0.117. The molecule has 5 heteroatoms. The van der Waals surface area contributed by atoms with E-state index in [2.05, 4.69) is 31.0 Å². The molecule has 2 rings (SSSR count). The van der Waals surface area contributed by atoms with E-state index in [1.54, 1.807) is 0 Å².